The Morgan fingerprint density at radius 3 is 2.27 bits per heavy atom. The van der Waals surface area contributed by atoms with E-state index in [1.54, 1.807) is 30.3 Å². The van der Waals surface area contributed by atoms with E-state index in [1.165, 1.54) is 4.90 Å². The van der Waals surface area contributed by atoms with Gasteiger partial charge in [-0.2, -0.15) is 4.31 Å². The molecule has 2 aliphatic rings. The largest absolute Gasteiger partial charge is 0.350 e. The van der Waals surface area contributed by atoms with Crippen molar-refractivity contribution in [1.82, 2.24) is 14.5 Å². The topological polar surface area (TPSA) is 113 Å². The Hall–Kier alpha value is -3.27. The summed E-state index contributed by atoms with van der Waals surface area (Å²) in [6.07, 6.45) is 1.76. The molecule has 1 atom stereocenters. The normalized spacial score (nSPS) is 22.8. The highest BCUT2D eigenvalue weighted by Gasteiger charge is 2.47. The minimum absolute atomic E-state index is 0.0282. The van der Waals surface area contributed by atoms with Gasteiger partial charge in [0.1, 0.15) is 0 Å². The lowest BCUT2D eigenvalue weighted by Crippen LogP contribution is -2.56. The number of nitrogens with one attached hydrogen (secondary N) is 1. The van der Waals surface area contributed by atoms with Gasteiger partial charge in [-0.05, 0) is 67.6 Å². The Balaban J connectivity index is 1.48. The summed E-state index contributed by atoms with van der Waals surface area (Å²) in [5.74, 6) is -0.857. The molecule has 194 valence electrons. The Morgan fingerprint density at radius 2 is 1.57 bits per heavy atom. The quantitative estimate of drug-likeness (QED) is 0.537. The zero-order chi connectivity index (χ0) is 26.2. The van der Waals surface area contributed by atoms with E-state index in [4.69, 9.17) is 5.73 Å². The fourth-order valence-electron chi connectivity index (χ4n) is 5.21. The third-order valence-corrected chi connectivity index (χ3v) is 9.22. The first-order chi connectivity index (χ1) is 17.7. The van der Waals surface area contributed by atoms with E-state index in [1.807, 2.05) is 43.3 Å². The molecule has 0 spiro atoms. The van der Waals surface area contributed by atoms with Gasteiger partial charge >= 0.3 is 0 Å². The van der Waals surface area contributed by atoms with E-state index in [2.05, 4.69) is 5.32 Å². The molecule has 3 aromatic rings. The van der Waals surface area contributed by atoms with Crippen LogP contribution >= 0.6 is 0 Å². The molecule has 2 amide bonds. The standard InChI is InChI=1S/C28H32N4O4S/c1-19-6-8-21(9-7-19)28(34)31-16-17-32(27(31)26(33)30-24-13-11-23(29)12-14-24)37(35,36)25-15-10-20-4-2-3-5-22(20)18-25/h2-10,15,18,23-24,27H,11-14,16-17,29H2,1H3,(H,30,33). The van der Waals surface area contributed by atoms with Crippen LogP contribution in [-0.4, -0.2) is 60.8 Å². The summed E-state index contributed by atoms with van der Waals surface area (Å²) in [5, 5.41) is 4.72. The molecular formula is C28H32N4O4S. The van der Waals surface area contributed by atoms with Gasteiger partial charge in [0.25, 0.3) is 11.8 Å². The molecule has 1 aliphatic carbocycles. The van der Waals surface area contributed by atoms with Crippen LogP contribution in [0.15, 0.2) is 71.6 Å². The Labute approximate surface area is 217 Å². The average Bonchev–Trinajstić information content (AvgIpc) is 3.36. The van der Waals surface area contributed by atoms with Gasteiger partial charge in [0.05, 0.1) is 4.90 Å². The number of amides is 2. The highest BCUT2D eigenvalue weighted by atomic mass is 32.2. The van der Waals surface area contributed by atoms with Crippen molar-refractivity contribution in [3.63, 3.8) is 0 Å². The average molecular weight is 521 g/mol. The number of hydrogen-bond acceptors (Lipinski definition) is 5. The lowest BCUT2D eigenvalue weighted by molar-refractivity contribution is -0.128. The summed E-state index contributed by atoms with van der Waals surface area (Å²) < 4.78 is 28.9. The van der Waals surface area contributed by atoms with Crippen LogP contribution in [0.25, 0.3) is 10.8 Å². The number of hydrogen-bond donors (Lipinski definition) is 2. The van der Waals surface area contributed by atoms with Crippen LogP contribution in [0.3, 0.4) is 0 Å². The summed E-state index contributed by atoms with van der Waals surface area (Å²) in [5.41, 5.74) is 7.43. The first-order valence-electron chi connectivity index (χ1n) is 12.7. The van der Waals surface area contributed by atoms with Gasteiger partial charge in [0, 0.05) is 30.7 Å². The van der Waals surface area contributed by atoms with Crippen molar-refractivity contribution in [2.45, 2.75) is 55.8 Å². The molecule has 1 heterocycles. The Bertz CT molecular complexity index is 1420. The second-order valence-electron chi connectivity index (χ2n) is 9.98. The van der Waals surface area contributed by atoms with Crippen molar-refractivity contribution in [2.24, 2.45) is 5.73 Å². The molecule has 2 fully saturated rings. The molecule has 1 unspecified atom stereocenters. The highest BCUT2D eigenvalue weighted by molar-refractivity contribution is 7.89. The van der Waals surface area contributed by atoms with Gasteiger partial charge in [0.15, 0.2) is 6.17 Å². The second-order valence-corrected chi connectivity index (χ2v) is 11.9. The molecule has 8 nitrogen and oxygen atoms in total. The SMILES string of the molecule is Cc1ccc(C(=O)N2CCN(S(=O)(=O)c3ccc4ccccc4c3)C2C(=O)NC2CCC(N)CC2)cc1. The molecule has 1 aliphatic heterocycles. The molecule has 5 rings (SSSR count). The van der Waals surface area contributed by atoms with Crippen LogP contribution in [-0.2, 0) is 14.8 Å². The summed E-state index contributed by atoms with van der Waals surface area (Å²) in [7, 11) is -4.07. The molecular weight excluding hydrogens is 488 g/mol. The van der Waals surface area contributed by atoms with Gasteiger partial charge in [-0.3, -0.25) is 9.59 Å². The Kier molecular flexibility index (Phi) is 7.02. The number of aryl methyl sites for hydroxylation is 1. The molecule has 0 radical (unpaired) electrons. The fourth-order valence-corrected chi connectivity index (χ4v) is 6.79. The first-order valence-corrected chi connectivity index (χ1v) is 14.1. The number of benzene rings is 3. The summed E-state index contributed by atoms with van der Waals surface area (Å²) in [6, 6.07) is 19.5. The van der Waals surface area contributed by atoms with Crippen molar-refractivity contribution in [3.05, 3.63) is 77.9 Å². The van der Waals surface area contributed by atoms with Gasteiger partial charge in [0.2, 0.25) is 10.0 Å². The number of carbonyl (C=O) groups excluding carboxylic acids is 2. The number of fused-ring (bicyclic) bond motifs is 1. The number of carbonyl (C=O) groups is 2. The smallest absolute Gasteiger partial charge is 0.259 e. The molecule has 37 heavy (non-hydrogen) atoms. The minimum Gasteiger partial charge on any atom is -0.350 e. The molecule has 9 heteroatoms. The molecule has 0 aromatic heterocycles. The summed E-state index contributed by atoms with van der Waals surface area (Å²) in [6.45, 7) is 2.07. The molecule has 3 N–H and O–H groups in total. The van der Waals surface area contributed by atoms with E-state index in [0.717, 1.165) is 46.3 Å². The highest BCUT2D eigenvalue weighted by Crippen LogP contribution is 2.29. The van der Waals surface area contributed by atoms with Crippen LogP contribution < -0.4 is 11.1 Å². The van der Waals surface area contributed by atoms with Crippen LogP contribution in [0.1, 0.15) is 41.6 Å². The van der Waals surface area contributed by atoms with Gasteiger partial charge in [-0.1, -0.05) is 48.0 Å². The molecule has 1 saturated heterocycles. The maximum Gasteiger partial charge on any atom is 0.259 e. The number of nitrogens with two attached hydrogens (primary N) is 1. The van der Waals surface area contributed by atoms with Gasteiger partial charge in [-0.25, -0.2) is 8.42 Å². The van der Waals surface area contributed by atoms with Crippen LogP contribution in [0, 0.1) is 6.92 Å². The van der Waals surface area contributed by atoms with E-state index < -0.39 is 22.1 Å². The second kappa shape index (κ2) is 10.2. The van der Waals surface area contributed by atoms with Crippen LogP contribution in [0.4, 0.5) is 0 Å². The summed E-state index contributed by atoms with van der Waals surface area (Å²) in [4.78, 5) is 28.6. The maximum absolute atomic E-state index is 13.9. The lowest BCUT2D eigenvalue weighted by Gasteiger charge is -2.32. The monoisotopic (exact) mass is 520 g/mol. The van der Waals surface area contributed by atoms with E-state index in [0.29, 0.717) is 5.56 Å². The van der Waals surface area contributed by atoms with Crippen molar-refractivity contribution < 1.29 is 18.0 Å². The maximum atomic E-state index is 13.9. The van der Waals surface area contributed by atoms with Crippen molar-refractivity contribution in [2.75, 3.05) is 13.1 Å². The predicted molar refractivity (Wildman–Crippen MR) is 142 cm³/mol. The van der Waals surface area contributed by atoms with Crippen molar-refractivity contribution in [1.29, 1.82) is 0 Å². The number of nitrogens with zero attached hydrogens (tertiary/aromatic N) is 2. The van der Waals surface area contributed by atoms with Crippen molar-refractivity contribution >= 4 is 32.6 Å². The third-order valence-electron chi connectivity index (χ3n) is 7.37. The predicted octanol–water partition coefficient (Wildman–Crippen LogP) is 3.01. The van der Waals surface area contributed by atoms with Crippen LogP contribution in [0.5, 0.6) is 0 Å². The first kappa shape index (κ1) is 25.4. The van der Waals surface area contributed by atoms with Crippen molar-refractivity contribution in [3.8, 4) is 0 Å². The molecule has 3 aromatic carbocycles. The Morgan fingerprint density at radius 1 is 0.892 bits per heavy atom. The molecule has 0 bridgehead atoms. The van der Waals surface area contributed by atoms with Crippen LogP contribution in [0.2, 0.25) is 0 Å². The molecule has 1 saturated carbocycles. The van der Waals surface area contributed by atoms with E-state index in [9.17, 15) is 18.0 Å². The number of rotatable bonds is 5. The zero-order valence-corrected chi connectivity index (χ0v) is 21.7. The summed E-state index contributed by atoms with van der Waals surface area (Å²) >= 11 is 0. The van der Waals surface area contributed by atoms with Gasteiger partial charge < -0.3 is 16.0 Å². The zero-order valence-electron chi connectivity index (χ0n) is 20.8. The lowest BCUT2D eigenvalue weighted by atomic mass is 9.92. The number of sulfonamides is 1. The van der Waals surface area contributed by atoms with Gasteiger partial charge in [-0.15, -0.1) is 0 Å². The minimum atomic E-state index is -4.07. The fraction of sp³-hybridized carbons (Fsp3) is 0.357. The van der Waals surface area contributed by atoms with E-state index in [-0.39, 0.29) is 36.0 Å². The third kappa shape index (κ3) is 5.12. The van der Waals surface area contributed by atoms with E-state index >= 15 is 0 Å².